The van der Waals surface area contributed by atoms with Gasteiger partial charge in [0.15, 0.2) is 0 Å². The summed E-state index contributed by atoms with van der Waals surface area (Å²) in [6.07, 6.45) is 1.95. The number of amides is 1. The standard InChI is InChI=1S/C12H24N2O3/c1-3-13-12(16)9(2)14-6-11(15)8-17-7-10-4-5-10/h9-11,14-15H,3-8H2,1-2H3,(H,13,16). The largest absolute Gasteiger partial charge is 0.389 e. The van der Waals surface area contributed by atoms with E-state index in [1.807, 2.05) is 6.92 Å². The summed E-state index contributed by atoms with van der Waals surface area (Å²) >= 11 is 0. The van der Waals surface area contributed by atoms with Gasteiger partial charge in [-0.15, -0.1) is 0 Å². The molecule has 0 radical (unpaired) electrons. The number of aliphatic hydroxyl groups is 1. The molecule has 2 atom stereocenters. The molecule has 5 nitrogen and oxygen atoms in total. The molecule has 0 aromatic rings. The van der Waals surface area contributed by atoms with Crippen LogP contribution in [0, 0.1) is 5.92 Å². The quantitative estimate of drug-likeness (QED) is 0.529. The number of ether oxygens (including phenoxy) is 1. The Morgan fingerprint density at radius 2 is 2.24 bits per heavy atom. The number of rotatable bonds is 9. The maximum absolute atomic E-state index is 11.4. The highest BCUT2D eigenvalue weighted by Gasteiger charge is 2.21. The van der Waals surface area contributed by atoms with Crippen LogP contribution < -0.4 is 10.6 Å². The molecule has 1 saturated carbocycles. The second kappa shape index (κ2) is 7.63. The van der Waals surface area contributed by atoms with Crippen molar-refractivity contribution in [2.75, 3.05) is 26.3 Å². The van der Waals surface area contributed by atoms with Crippen molar-refractivity contribution in [1.29, 1.82) is 0 Å². The molecule has 17 heavy (non-hydrogen) atoms. The predicted molar refractivity (Wildman–Crippen MR) is 65.7 cm³/mol. The number of hydrogen-bond donors (Lipinski definition) is 3. The summed E-state index contributed by atoms with van der Waals surface area (Å²) in [6, 6.07) is -0.284. The Balaban J connectivity index is 2.00. The SMILES string of the molecule is CCNC(=O)C(C)NCC(O)COCC1CC1. The summed E-state index contributed by atoms with van der Waals surface area (Å²) in [6.45, 7) is 5.75. The van der Waals surface area contributed by atoms with E-state index in [4.69, 9.17) is 4.74 Å². The van der Waals surface area contributed by atoms with Crippen molar-refractivity contribution in [2.24, 2.45) is 5.92 Å². The van der Waals surface area contributed by atoms with Crippen LogP contribution in [-0.4, -0.2) is 49.5 Å². The number of carbonyl (C=O) groups excluding carboxylic acids is 1. The van der Waals surface area contributed by atoms with Gasteiger partial charge in [0, 0.05) is 19.7 Å². The molecule has 0 bridgehead atoms. The fraction of sp³-hybridized carbons (Fsp3) is 0.917. The van der Waals surface area contributed by atoms with Crippen LogP contribution in [0.25, 0.3) is 0 Å². The number of likely N-dealkylation sites (N-methyl/N-ethyl adjacent to an activating group) is 1. The van der Waals surface area contributed by atoms with Gasteiger partial charge in [-0.05, 0) is 32.6 Å². The zero-order chi connectivity index (χ0) is 12.7. The van der Waals surface area contributed by atoms with E-state index in [-0.39, 0.29) is 11.9 Å². The van der Waals surface area contributed by atoms with Gasteiger partial charge in [0.2, 0.25) is 5.91 Å². The smallest absolute Gasteiger partial charge is 0.236 e. The Bertz CT molecular complexity index is 232. The van der Waals surface area contributed by atoms with Crippen molar-refractivity contribution < 1.29 is 14.6 Å². The predicted octanol–water partition coefficient (Wildman–Crippen LogP) is -0.112. The van der Waals surface area contributed by atoms with Gasteiger partial charge in [-0.3, -0.25) is 4.79 Å². The average molecular weight is 244 g/mol. The van der Waals surface area contributed by atoms with Gasteiger partial charge in [0.25, 0.3) is 0 Å². The van der Waals surface area contributed by atoms with Crippen molar-refractivity contribution in [2.45, 2.75) is 38.8 Å². The molecule has 3 N–H and O–H groups in total. The molecule has 1 fully saturated rings. The number of aliphatic hydroxyl groups excluding tert-OH is 1. The molecule has 0 aromatic heterocycles. The van der Waals surface area contributed by atoms with Crippen LogP contribution in [0.1, 0.15) is 26.7 Å². The van der Waals surface area contributed by atoms with Crippen molar-refractivity contribution in [1.82, 2.24) is 10.6 Å². The van der Waals surface area contributed by atoms with Gasteiger partial charge < -0.3 is 20.5 Å². The average Bonchev–Trinajstić information content (AvgIpc) is 3.10. The fourth-order valence-corrected chi connectivity index (χ4v) is 1.45. The molecule has 0 spiro atoms. The Labute approximate surface area is 103 Å². The van der Waals surface area contributed by atoms with Gasteiger partial charge in [-0.1, -0.05) is 0 Å². The lowest BCUT2D eigenvalue weighted by Crippen LogP contribution is -2.45. The topological polar surface area (TPSA) is 70.6 Å². The van der Waals surface area contributed by atoms with Gasteiger partial charge in [0.05, 0.1) is 18.8 Å². The maximum atomic E-state index is 11.4. The molecule has 0 saturated heterocycles. The molecule has 1 aliphatic rings. The Morgan fingerprint density at radius 1 is 1.53 bits per heavy atom. The third-order valence-electron chi connectivity index (χ3n) is 2.76. The summed E-state index contributed by atoms with van der Waals surface area (Å²) in [5, 5.41) is 15.3. The van der Waals surface area contributed by atoms with Gasteiger partial charge >= 0.3 is 0 Å². The summed E-state index contributed by atoms with van der Waals surface area (Å²) in [7, 11) is 0. The lowest BCUT2D eigenvalue weighted by molar-refractivity contribution is -0.122. The molecular formula is C12H24N2O3. The zero-order valence-electron chi connectivity index (χ0n) is 10.7. The minimum atomic E-state index is -0.550. The normalized spacial score (nSPS) is 18.8. The molecule has 2 unspecified atom stereocenters. The van der Waals surface area contributed by atoms with E-state index in [9.17, 15) is 9.90 Å². The first kappa shape index (κ1) is 14.4. The van der Waals surface area contributed by atoms with Crippen molar-refractivity contribution >= 4 is 5.91 Å². The molecule has 1 rings (SSSR count). The first-order valence-corrected chi connectivity index (χ1v) is 6.40. The first-order valence-electron chi connectivity index (χ1n) is 6.40. The molecule has 100 valence electrons. The third-order valence-corrected chi connectivity index (χ3v) is 2.76. The summed E-state index contributed by atoms with van der Waals surface area (Å²) in [4.78, 5) is 11.4. The molecule has 0 heterocycles. The van der Waals surface area contributed by atoms with Crippen LogP contribution in [0.4, 0.5) is 0 Å². The molecule has 1 aliphatic carbocycles. The van der Waals surface area contributed by atoms with E-state index >= 15 is 0 Å². The van der Waals surface area contributed by atoms with E-state index in [1.165, 1.54) is 12.8 Å². The van der Waals surface area contributed by atoms with Crippen LogP contribution in [0.15, 0.2) is 0 Å². The number of nitrogens with one attached hydrogen (secondary N) is 2. The summed E-state index contributed by atoms with van der Waals surface area (Å²) in [5.74, 6) is 0.669. The molecule has 5 heteroatoms. The Kier molecular flexibility index (Phi) is 6.47. The van der Waals surface area contributed by atoms with E-state index in [2.05, 4.69) is 10.6 Å². The van der Waals surface area contributed by atoms with E-state index in [0.717, 1.165) is 6.61 Å². The van der Waals surface area contributed by atoms with Crippen LogP contribution in [0.3, 0.4) is 0 Å². The highest BCUT2D eigenvalue weighted by Crippen LogP contribution is 2.28. The zero-order valence-corrected chi connectivity index (χ0v) is 10.7. The monoisotopic (exact) mass is 244 g/mol. The van der Waals surface area contributed by atoms with Crippen molar-refractivity contribution in [3.05, 3.63) is 0 Å². The second-order valence-corrected chi connectivity index (χ2v) is 4.66. The number of hydrogen-bond acceptors (Lipinski definition) is 4. The van der Waals surface area contributed by atoms with Crippen molar-refractivity contribution in [3.8, 4) is 0 Å². The summed E-state index contributed by atoms with van der Waals surface area (Å²) in [5.41, 5.74) is 0. The van der Waals surface area contributed by atoms with Crippen LogP contribution in [-0.2, 0) is 9.53 Å². The Morgan fingerprint density at radius 3 is 2.82 bits per heavy atom. The molecule has 1 amide bonds. The van der Waals surface area contributed by atoms with Gasteiger partial charge in [-0.2, -0.15) is 0 Å². The fourth-order valence-electron chi connectivity index (χ4n) is 1.45. The first-order chi connectivity index (χ1) is 8.13. The van der Waals surface area contributed by atoms with Crippen LogP contribution >= 0.6 is 0 Å². The highest BCUT2D eigenvalue weighted by molar-refractivity contribution is 5.81. The van der Waals surface area contributed by atoms with Crippen LogP contribution in [0.2, 0.25) is 0 Å². The third kappa shape index (κ3) is 6.61. The van der Waals surface area contributed by atoms with Crippen LogP contribution in [0.5, 0.6) is 0 Å². The van der Waals surface area contributed by atoms with Gasteiger partial charge in [-0.25, -0.2) is 0 Å². The minimum absolute atomic E-state index is 0.0430. The molecule has 0 aliphatic heterocycles. The Hall–Kier alpha value is -0.650. The molecule has 0 aromatic carbocycles. The number of carbonyl (C=O) groups is 1. The maximum Gasteiger partial charge on any atom is 0.236 e. The van der Waals surface area contributed by atoms with E-state index in [1.54, 1.807) is 6.92 Å². The summed E-state index contributed by atoms with van der Waals surface area (Å²) < 4.78 is 5.37. The van der Waals surface area contributed by atoms with E-state index in [0.29, 0.717) is 25.6 Å². The lowest BCUT2D eigenvalue weighted by atomic mass is 10.3. The second-order valence-electron chi connectivity index (χ2n) is 4.66. The lowest BCUT2D eigenvalue weighted by Gasteiger charge is -2.16. The highest BCUT2D eigenvalue weighted by atomic mass is 16.5. The minimum Gasteiger partial charge on any atom is -0.389 e. The van der Waals surface area contributed by atoms with E-state index < -0.39 is 6.10 Å². The van der Waals surface area contributed by atoms with Gasteiger partial charge in [0.1, 0.15) is 0 Å². The molecular weight excluding hydrogens is 220 g/mol. The van der Waals surface area contributed by atoms with Crippen molar-refractivity contribution in [3.63, 3.8) is 0 Å².